The van der Waals surface area contributed by atoms with Gasteiger partial charge in [0, 0.05) is 17.7 Å². The summed E-state index contributed by atoms with van der Waals surface area (Å²) in [6.45, 7) is 8.17. The van der Waals surface area contributed by atoms with E-state index in [1.165, 1.54) is 51.9 Å². The van der Waals surface area contributed by atoms with Crippen molar-refractivity contribution in [2.45, 2.75) is 45.2 Å². The van der Waals surface area contributed by atoms with Crippen LogP contribution >= 0.6 is 0 Å². The minimum atomic E-state index is -0.301. The van der Waals surface area contributed by atoms with Gasteiger partial charge in [0.25, 0.3) is 5.69 Å². The molecule has 1 aromatic carbocycles. The normalized spacial score (nSPS) is 31.7. The quantitative estimate of drug-likeness (QED) is 0.626. The molecule has 0 spiro atoms. The molecule has 5 heteroatoms. The number of nitrogens with one attached hydrogen (secondary N) is 2. The zero-order valence-electron chi connectivity index (χ0n) is 14.1. The first-order chi connectivity index (χ1) is 11.1. The molecule has 3 rings (SSSR count). The Morgan fingerprint density at radius 1 is 1.13 bits per heavy atom. The van der Waals surface area contributed by atoms with Crippen LogP contribution in [0.5, 0.6) is 0 Å². The second-order valence-corrected chi connectivity index (χ2v) is 7.47. The number of quaternary nitrogens is 2. The summed E-state index contributed by atoms with van der Waals surface area (Å²) in [5, 5.41) is 10.9. The summed E-state index contributed by atoms with van der Waals surface area (Å²) >= 11 is 0. The van der Waals surface area contributed by atoms with Crippen LogP contribution in [0.15, 0.2) is 24.3 Å². The summed E-state index contributed by atoms with van der Waals surface area (Å²) < 4.78 is 0. The van der Waals surface area contributed by atoms with Crippen LogP contribution < -0.4 is 9.80 Å². The molecule has 2 fully saturated rings. The number of nitro groups is 1. The van der Waals surface area contributed by atoms with Crippen molar-refractivity contribution in [3.05, 3.63) is 39.9 Å². The molecule has 1 heterocycles. The molecule has 0 aromatic heterocycles. The molecule has 0 bridgehead atoms. The summed E-state index contributed by atoms with van der Waals surface area (Å²) in [7, 11) is 0. The summed E-state index contributed by atoms with van der Waals surface area (Å²) in [5.74, 6) is 0.923. The van der Waals surface area contributed by atoms with Crippen LogP contribution in [-0.4, -0.2) is 37.1 Å². The van der Waals surface area contributed by atoms with Crippen LogP contribution in [0, 0.1) is 16.0 Å². The van der Waals surface area contributed by atoms with Crippen LogP contribution in [-0.2, 0) is 6.54 Å². The maximum Gasteiger partial charge on any atom is 0.269 e. The first-order valence-electron chi connectivity index (χ1n) is 9.03. The zero-order chi connectivity index (χ0) is 16.2. The largest absolute Gasteiger partial charge is 0.323 e. The second kappa shape index (κ2) is 7.41. The summed E-state index contributed by atoms with van der Waals surface area (Å²) in [6.07, 6.45) is 5.60. The fraction of sp³-hybridized carbons (Fsp3) is 0.667. The minimum Gasteiger partial charge on any atom is -0.323 e. The number of non-ortho nitro benzene ring substituents is 1. The van der Waals surface area contributed by atoms with E-state index in [1.807, 2.05) is 6.07 Å². The lowest BCUT2D eigenvalue weighted by Gasteiger charge is -2.37. The van der Waals surface area contributed by atoms with Crippen molar-refractivity contribution in [1.29, 1.82) is 0 Å². The van der Waals surface area contributed by atoms with Gasteiger partial charge < -0.3 is 9.80 Å². The number of hydrogen-bond acceptors (Lipinski definition) is 2. The van der Waals surface area contributed by atoms with Crippen LogP contribution in [0.2, 0.25) is 0 Å². The van der Waals surface area contributed by atoms with Crippen molar-refractivity contribution in [3.8, 4) is 0 Å². The van der Waals surface area contributed by atoms with Gasteiger partial charge in [-0.3, -0.25) is 10.1 Å². The van der Waals surface area contributed by atoms with Crippen molar-refractivity contribution in [2.24, 2.45) is 5.92 Å². The predicted octanol–water partition coefficient (Wildman–Crippen LogP) is 0.457. The zero-order valence-corrected chi connectivity index (χ0v) is 14.1. The van der Waals surface area contributed by atoms with E-state index in [0.29, 0.717) is 0 Å². The molecule has 2 aliphatic rings. The highest BCUT2D eigenvalue weighted by atomic mass is 16.6. The topological polar surface area (TPSA) is 52.0 Å². The lowest BCUT2D eigenvalue weighted by atomic mass is 9.86. The molecule has 0 amide bonds. The average Bonchev–Trinajstić information content (AvgIpc) is 2.57. The highest BCUT2D eigenvalue weighted by Gasteiger charge is 2.31. The number of benzene rings is 1. The van der Waals surface area contributed by atoms with Crippen molar-refractivity contribution in [3.63, 3.8) is 0 Å². The fourth-order valence-electron chi connectivity index (χ4n) is 4.25. The lowest BCUT2D eigenvalue weighted by molar-refractivity contribution is -1.03. The Balaban J connectivity index is 1.49. The molecule has 23 heavy (non-hydrogen) atoms. The summed E-state index contributed by atoms with van der Waals surface area (Å²) in [5.41, 5.74) is 1.30. The Kier molecular flexibility index (Phi) is 5.28. The van der Waals surface area contributed by atoms with Gasteiger partial charge in [0.1, 0.15) is 32.7 Å². The van der Waals surface area contributed by atoms with Gasteiger partial charge in [-0.05, 0) is 31.6 Å². The molecular formula is C18H29N3O2+2. The number of nitro benzene ring substituents is 1. The molecule has 0 unspecified atom stereocenters. The van der Waals surface area contributed by atoms with Gasteiger partial charge in [0.2, 0.25) is 0 Å². The standard InChI is InChI=1S/C18H27N3O2/c1-15-5-7-17(8-6-15)20-11-9-19(10-12-20)14-16-3-2-4-18(13-16)21(22)23/h2-4,13,15,17H,5-12,14H2,1H3/p+2. The molecule has 5 nitrogen and oxygen atoms in total. The molecular weight excluding hydrogens is 290 g/mol. The summed E-state index contributed by atoms with van der Waals surface area (Å²) in [6, 6.07) is 8.00. The van der Waals surface area contributed by atoms with Crippen molar-refractivity contribution < 1.29 is 14.7 Å². The van der Waals surface area contributed by atoms with Crippen LogP contribution in [0.25, 0.3) is 0 Å². The third-order valence-electron chi connectivity index (χ3n) is 5.77. The van der Waals surface area contributed by atoms with E-state index < -0.39 is 0 Å². The van der Waals surface area contributed by atoms with Gasteiger partial charge >= 0.3 is 0 Å². The van der Waals surface area contributed by atoms with Gasteiger partial charge in [0.05, 0.1) is 11.0 Å². The Bertz CT molecular complexity index is 533. The van der Waals surface area contributed by atoms with Crippen molar-refractivity contribution >= 4 is 5.69 Å². The SMILES string of the molecule is CC1CCC([NH+]2CC[NH+](Cc3cccc([N+](=O)[O-])c3)CC2)CC1. The van der Waals surface area contributed by atoms with Crippen LogP contribution in [0.1, 0.15) is 38.2 Å². The number of nitrogens with zero attached hydrogens (tertiary/aromatic N) is 1. The first kappa shape index (κ1) is 16.4. The number of rotatable bonds is 4. The Morgan fingerprint density at radius 3 is 2.48 bits per heavy atom. The van der Waals surface area contributed by atoms with E-state index in [4.69, 9.17) is 0 Å². The average molecular weight is 319 g/mol. The van der Waals surface area contributed by atoms with Crippen molar-refractivity contribution in [2.75, 3.05) is 26.2 Å². The van der Waals surface area contributed by atoms with E-state index in [2.05, 4.69) is 6.92 Å². The molecule has 1 saturated heterocycles. The molecule has 2 N–H and O–H groups in total. The Hall–Kier alpha value is -1.46. The highest BCUT2D eigenvalue weighted by Crippen LogP contribution is 2.21. The monoisotopic (exact) mass is 319 g/mol. The number of piperazine rings is 1. The van der Waals surface area contributed by atoms with Gasteiger partial charge in [-0.25, -0.2) is 0 Å². The second-order valence-electron chi connectivity index (χ2n) is 7.47. The smallest absolute Gasteiger partial charge is 0.269 e. The molecule has 1 saturated carbocycles. The van der Waals surface area contributed by atoms with Gasteiger partial charge in [-0.15, -0.1) is 0 Å². The van der Waals surface area contributed by atoms with Crippen molar-refractivity contribution in [1.82, 2.24) is 0 Å². The van der Waals surface area contributed by atoms with Crippen LogP contribution in [0.4, 0.5) is 5.69 Å². The van der Waals surface area contributed by atoms with E-state index in [0.717, 1.165) is 24.1 Å². The number of hydrogen-bond donors (Lipinski definition) is 2. The predicted molar refractivity (Wildman–Crippen MR) is 89.6 cm³/mol. The lowest BCUT2D eigenvalue weighted by Crippen LogP contribution is -3.29. The van der Waals surface area contributed by atoms with E-state index >= 15 is 0 Å². The molecule has 0 atom stereocenters. The van der Waals surface area contributed by atoms with E-state index in [9.17, 15) is 10.1 Å². The molecule has 1 aromatic rings. The Labute approximate surface area is 138 Å². The first-order valence-corrected chi connectivity index (χ1v) is 9.03. The fourth-order valence-corrected chi connectivity index (χ4v) is 4.25. The molecule has 0 radical (unpaired) electrons. The molecule has 1 aliphatic heterocycles. The maximum absolute atomic E-state index is 10.9. The maximum atomic E-state index is 10.9. The van der Waals surface area contributed by atoms with Crippen LogP contribution in [0.3, 0.4) is 0 Å². The third kappa shape index (κ3) is 4.30. The van der Waals surface area contributed by atoms with Gasteiger partial charge in [-0.1, -0.05) is 19.1 Å². The van der Waals surface area contributed by atoms with Gasteiger partial charge in [-0.2, -0.15) is 0 Å². The van der Waals surface area contributed by atoms with Gasteiger partial charge in [0.15, 0.2) is 0 Å². The summed E-state index contributed by atoms with van der Waals surface area (Å²) in [4.78, 5) is 14.0. The Morgan fingerprint density at radius 2 is 1.83 bits per heavy atom. The molecule has 126 valence electrons. The third-order valence-corrected chi connectivity index (χ3v) is 5.77. The van der Waals surface area contributed by atoms with E-state index in [-0.39, 0.29) is 10.6 Å². The minimum absolute atomic E-state index is 0.211. The van der Waals surface area contributed by atoms with E-state index in [1.54, 1.807) is 28.0 Å². The highest BCUT2D eigenvalue weighted by molar-refractivity contribution is 5.33. The molecule has 1 aliphatic carbocycles.